The molecule has 0 spiro atoms. The van der Waals surface area contributed by atoms with Gasteiger partial charge in [0, 0.05) is 22.4 Å². The van der Waals surface area contributed by atoms with E-state index in [0.717, 1.165) is 11.1 Å². The second-order valence-corrected chi connectivity index (χ2v) is 4.40. The predicted molar refractivity (Wildman–Crippen MR) is 69.9 cm³/mol. The quantitative estimate of drug-likeness (QED) is 0.664. The summed E-state index contributed by atoms with van der Waals surface area (Å²) in [5, 5.41) is 1.23. The summed E-state index contributed by atoms with van der Waals surface area (Å²) in [6.45, 7) is 0. The first-order chi connectivity index (χ1) is 8.22. The second kappa shape index (κ2) is 5.47. The molecule has 0 aliphatic carbocycles. The van der Waals surface area contributed by atoms with Crippen molar-refractivity contribution >= 4 is 23.2 Å². The van der Waals surface area contributed by atoms with Gasteiger partial charge in [0.2, 0.25) is 0 Å². The van der Waals surface area contributed by atoms with E-state index < -0.39 is 0 Å². The minimum atomic E-state index is -0.227. The monoisotopic (exact) mass is 267 g/mol. The molecule has 0 fully saturated rings. The van der Waals surface area contributed by atoms with Crippen molar-refractivity contribution < 1.29 is 0 Å². The number of halogens is 2. The lowest BCUT2D eigenvalue weighted by atomic mass is 10.0. The van der Waals surface area contributed by atoms with E-state index >= 15 is 0 Å². The molecular formula is C12H11Cl2N3. The standard InChI is InChI=1S/C12H11Cl2N3/c13-9-3-4-11(14)10(6-9)12(17-15)8-2-1-5-16-7-8/h1-7,12,17H,15H2. The summed E-state index contributed by atoms with van der Waals surface area (Å²) in [5.41, 5.74) is 4.48. The zero-order chi connectivity index (χ0) is 12.3. The average molecular weight is 268 g/mol. The summed E-state index contributed by atoms with van der Waals surface area (Å²) in [5.74, 6) is 5.58. The molecule has 1 unspecified atom stereocenters. The minimum Gasteiger partial charge on any atom is -0.271 e. The Labute approximate surface area is 110 Å². The van der Waals surface area contributed by atoms with Crippen molar-refractivity contribution in [1.29, 1.82) is 0 Å². The van der Waals surface area contributed by atoms with E-state index in [2.05, 4.69) is 10.4 Å². The van der Waals surface area contributed by atoms with Gasteiger partial charge in [0.1, 0.15) is 0 Å². The summed E-state index contributed by atoms with van der Waals surface area (Å²) in [6.07, 6.45) is 3.44. The molecule has 0 radical (unpaired) electrons. The molecule has 0 saturated heterocycles. The SMILES string of the molecule is NNC(c1cccnc1)c1cc(Cl)ccc1Cl. The van der Waals surface area contributed by atoms with Crippen LogP contribution in [0.5, 0.6) is 0 Å². The van der Waals surface area contributed by atoms with Gasteiger partial charge in [0.25, 0.3) is 0 Å². The largest absolute Gasteiger partial charge is 0.271 e. The van der Waals surface area contributed by atoms with Crippen LogP contribution in [-0.2, 0) is 0 Å². The molecule has 2 aromatic rings. The van der Waals surface area contributed by atoms with Crippen molar-refractivity contribution in [2.45, 2.75) is 6.04 Å². The van der Waals surface area contributed by atoms with Crippen molar-refractivity contribution in [1.82, 2.24) is 10.4 Å². The Morgan fingerprint density at radius 3 is 2.71 bits per heavy atom. The number of pyridine rings is 1. The van der Waals surface area contributed by atoms with E-state index in [1.165, 1.54) is 0 Å². The molecule has 0 aliphatic heterocycles. The van der Waals surface area contributed by atoms with Gasteiger partial charge in [-0.2, -0.15) is 0 Å². The number of hydrogen-bond acceptors (Lipinski definition) is 3. The van der Waals surface area contributed by atoms with Gasteiger partial charge < -0.3 is 0 Å². The van der Waals surface area contributed by atoms with Crippen LogP contribution in [0.1, 0.15) is 17.2 Å². The summed E-state index contributed by atoms with van der Waals surface area (Å²) in [6, 6.07) is 8.83. The lowest BCUT2D eigenvalue weighted by molar-refractivity contribution is 0.635. The maximum Gasteiger partial charge on any atom is 0.0739 e. The van der Waals surface area contributed by atoms with E-state index in [-0.39, 0.29) is 6.04 Å². The number of aromatic nitrogens is 1. The molecule has 1 heterocycles. The van der Waals surface area contributed by atoms with E-state index in [1.54, 1.807) is 30.6 Å². The van der Waals surface area contributed by atoms with Gasteiger partial charge in [0.15, 0.2) is 0 Å². The molecule has 1 aromatic carbocycles. The van der Waals surface area contributed by atoms with Crippen LogP contribution in [0.15, 0.2) is 42.7 Å². The molecule has 0 amide bonds. The van der Waals surface area contributed by atoms with E-state index in [1.807, 2.05) is 12.1 Å². The average Bonchev–Trinajstić information content (AvgIpc) is 2.36. The fourth-order valence-corrected chi connectivity index (χ4v) is 2.06. The van der Waals surface area contributed by atoms with Crippen LogP contribution in [0.3, 0.4) is 0 Å². The third kappa shape index (κ3) is 2.76. The molecule has 5 heteroatoms. The molecule has 0 saturated carbocycles. The zero-order valence-corrected chi connectivity index (χ0v) is 10.4. The number of nitrogens with two attached hydrogens (primary N) is 1. The Kier molecular flexibility index (Phi) is 3.97. The fourth-order valence-electron chi connectivity index (χ4n) is 1.65. The highest BCUT2D eigenvalue weighted by Crippen LogP contribution is 2.29. The Bertz CT molecular complexity index is 502. The first kappa shape index (κ1) is 12.3. The number of nitrogens with one attached hydrogen (secondary N) is 1. The molecule has 1 aromatic heterocycles. The van der Waals surface area contributed by atoms with Gasteiger partial charge >= 0.3 is 0 Å². The van der Waals surface area contributed by atoms with Crippen molar-refractivity contribution in [3.63, 3.8) is 0 Å². The fraction of sp³-hybridized carbons (Fsp3) is 0.0833. The lowest BCUT2D eigenvalue weighted by Gasteiger charge is -2.18. The first-order valence-corrected chi connectivity index (χ1v) is 5.79. The third-order valence-corrected chi connectivity index (χ3v) is 3.03. The number of benzene rings is 1. The molecule has 0 bridgehead atoms. The Morgan fingerprint density at radius 1 is 1.24 bits per heavy atom. The van der Waals surface area contributed by atoms with Crippen LogP contribution < -0.4 is 11.3 Å². The third-order valence-electron chi connectivity index (χ3n) is 2.45. The number of rotatable bonds is 3. The summed E-state index contributed by atoms with van der Waals surface area (Å²) < 4.78 is 0. The van der Waals surface area contributed by atoms with Crippen LogP contribution in [0.4, 0.5) is 0 Å². The van der Waals surface area contributed by atoms with E-state index in [4.69, 9.17) is 29.0 Å². The number of hydrazine groups is 1. The lowest BCUT2D eigenvalue weighted by Crippen LogP contribution is -2.29. The van der Waals surface area contributed by atoms with Gasteiger partial charge in [-0.1, -0.05) is 29.3 Å². The maximum absolute atomic E-state index is 6.15. The van der Waals surface area contributed by atoms with Crippen molar-refractivity contribution in [2.24, 2.45) is 5.84 Å². The van der Waals surface area contributed by atoms with Gasteiger partial charge in [-0.05, 0) is 35.4 Å². The highest BCUT2D eigenvalue weighted by atomic mass is 35.5. The molecule has 1 atom stereocenters. The molecule has 2 rings (SSSR count). The highest BCUT2D eigenvalue weighted by Gasteiger charge is 2.15. The van der Waals surface area contributed by atoms with Crippen LogP contribution in [0, 0.1) is 0 Å². The van der Waals surface area contributed by atoms with Crippen LogP contribution >= 0.6 is 23.2 Å². The molecular weight excluding hydrogens is 257 g/mol. The summed E-state index contributed by atoms with van der Waals surface area (Å²) in [4.78, 5) is 4.06. The Hall–Kier alpha value is -1.13. The number of hydrogen-bond donors (Lipinski definition) is 2. The molecule has 3 nitrogen and oxygen atoms in total. The smallest absolute Gasteiger partial charge is 0.0739 e. The normalized spacial score (nSPS) is 12.4. The van der Waals surface area contributed by atoms with E-state index in [9.17, 15) is 0 Å². The minimum absolute atomic E-state index is 0.227. The van der Waals surface area contributed by atoms with E-state index in [0.29, 0.717) is 10.0 Å². The molecule has 17 heavy (non-hydrogen) atoms. The van der Waals surface area contributed by atoms with Gasteiger partial charge in [0.05, 0.1) is 6.04 Å². The summed E-state index contributed by atoms with van der Waals surface area (Å²) in [7, 11) is 0. The zero-order valence-electron chi connectivity index (χ0n) is 8.90. The van der Waals surface area contributed by atoms with Gasteiger partial charge in [-0.3, -0.25) is 10.8 Å². The molecule has 3 N–H and O–H groups in total. The van der Waals surface area contributed by atoms with Gasteiger partial charge in [-0.25, -0.2) is 5.43 Å². The van der Waals surface area contributed by atoms with Crippen LogP contribution in [0.2, 0.25) is 10.0 Å². The van der Waals surface area contributed by atoms with Crippen LogP contribution in [0.25, 0.3) is 0 Å². The number of nitrogens with zero attached hydrogens (tertiary/aromatic N) is 1. The van der Waals surface area contributed by atoms with Gasteiger partial charge in [-0.15, -0.1) is 0 Å². The second-order valence-electron chi connectivity index (χ2n) is 3.55. The van der Waals surface area contributed by atoms with Crippen LogP contribution in [-0.4, -0.2) is 4.98 Å². The molecule has 88 valence electrons. The Balaban J connectivity index is 2.46. The first-order valence-electron chi connectivity index (χ1n) is 5.03. The predicted octanol–water partition coefficient (Wildman–Crippen LogP) is 2.94. The Morgan fingerprint density at radius 2 is 2.06 bits per heavy atom. The molecule has 0 aliphatic rings. The topological polar surface area (TPSA) is 50.9 Å². The summed E-state index contributed by atoms with van der Waals surface area (Å²) >= 11 is 12.1. The van der Waals surface area contributed by atoms with Crippen molar-refractivity contribution in [3.8, 4) is 0 Å². The van der Waals surface area contributed by atoms with Crippen molar-refractivity contribution in [3.05, 3.63) is 63.9 Å². The van der Waals surface area contributed by atoms with Crippen molar-refractivity contribution in [2.75, 3.05) is 0 Å². The highest BCUT2D eigenvalue weighted by molar-refractivity contribution is 6.33. The maximum atomic E-state index is 6.15.